The number of hydrogen-bond donors (Lipinski definition) is 1. The number of para-hydroxylation sites is 1. The average molecular weight is 374 g/mol. The van der Waals surface area contributed by atoms with E-state index in [0.717, 1.165) is 36.0 Å². The molecule has 5 heteroatoms. The Balaban J connectivity index is 1.73. The van der Waals surface area contributed by atoms with Gasteiger partial charge in [-0.15, -0.1) is 0 Å². The predicted molar refractivity (Wildman–Crippen MR) is 117 cm³/mol. The summed E-state index contributed by atoms with van der Waals surface area (Å²) < 4.78 is 0. The lowest BCUT2D eigenvalue weighted by atomic mass is 10.2. The third-order valence-corrected chi connectivity index (χ3v) is 4.75. The summed E-state index contributed by atoms with van der Waals surface area (Å²) in [6, 6.07) is 21.4. The Morgan fingerprint density at radius 3 is 2.25 bits per heavy atom. The molecule has 3 rings (SSSR count). The molecule has 0 saturated carbocycles. The first-order chi connectivity index (χ1) is 13.6. The van der Waals surface area contributed by atoms with Crippen molar-refractivity contribution in [2.75, 3.05) is 35.3 Å². The van der Waals surface area contributed by atoms with E-state index >= 15 is 0 Å². The van der Waals surface area contributed by atoms with Crippen LogP contribution in [0.1, 0.15) is 24.2 Å². The van der Waals surface area contributed by atoms with E-state index in [0.29, 0.717) is 5.56 Å². The summed E-state index contributed by atoms with van der Waals surface area (Å²) in [5.74, 6) is 0.566. The molecule has 3 aromatic rings. The van der Waals surface area contributed by atoms with E-state index in [1.165, 1.54) is 0 Å². The predicted octanol–water partition coefficient (Wildman–Crippen LogP) is 4.95. The molecule has 144 valence electrons. The van der Waals surface area contributed by atoms with Gasteiger partial charge in [-0.1, -0.05) is 18.2 Å². The number of amides is 1. The molecule has 0 radical (unpaired) electrons. The normalized spacial score (nSPS) is 10.4. The standard InChI is InChI=1S/C23H26N4O/c1-4-27(5-2)21-13-11-19(12-14-21)25-23(28)18-15-16-24-22(17-18)26(3)20-9-7-6-8-10-20/h6-17H,4-5H2,1-3H3,(H,25,28). The van der Waals surface area contributed by atoms with Gasteiger partial charge in [0.05, 0.1) is 0 Å². The first kappa shape index (κ1) is 19.4. The van der Waals surface area contributed by atoms with Crippen LogP contribution in [0.2, 0.25) is 0 Å². The van der Waals surface area contributed by atoms with Crippen LogP contribution in [-0.4, -0.2) is 31.0 Å². The number of carbonyl (C=O) groups is 1. The van der Waals surface area contributed by atoms with Crippen molar-refractivity contribution in [1.29, 1.82) is 0 Å². The van der Waals surface area contributed by atoms with Crippen molar-refractivity contribution in [3.8, 4) is 0 Å². The second-order valence-electron chi connectivity index (χ2n) is 6.47. The van der Waals surface area contributed by atoms with Gasteiger partial charge in [-0.3, -0.25) is 4.79 Å². The molecule has 0 saturated heterocycles. The monoisotopic (exact) mass is 374 g/mol. The average Bonchev–Trinajstić information content (AvgIpc) is 2.76. The van der Waals surface area contributed by atoms with Gasteiger partial charge in [-0.05, 0) is 62.4 Å². The number of hydrogen-bond acceptors (Lipinski definition) is 4. The summed E-state index contributed by atoms with van der Waals surface area (Å²) in [5.41, 5.74) is 3.51. The fourth-order valence-corrected chi connectivity index (χ4v) is 3.07. The van der Waals surface area contributed by atoms with Crippen molar-refractivity contribution >= 4 is 28.8 Å². The van der Waals surface area contributed by atoms with Gasteiger partial charge in [-0.25, -0.2) is 4.98 Å². The highest BCUT2D eigenvalue weighted by Crippen LogP contribution is 2.22. The summed E-state index contributed by atoms with van der Waals surface area (Å²) in [6.45, 7) is 6.17. The molecule has 0 aliphatic carbocycles. The molecule has 1 heterocycles. The molecule has 0 aliphatic heterocycles. The summed E-state index contributed by atoms with van der Waals surface area (Å²) in [4.78, 5) is 21.3. The van der Waals surface area contributed by atoms with E-state index in [1.54, 1.807) is 18.3 Å². The molecular weight excluding hydrogens is 348 g/mol. The van der Waals surface area contributed by atoms with Crippen LogP contribution in [-0.2, 0) is 0 Å². The third kappa shape index (κ3) is 4.49. The zero-order chi connectivity index (χ0) is 19.9. The van der Waals surface area contributed by atoms with Crippen molar-refractivity contribution in [1.82, 2.24) is 4.98 Å². The van der Waals surface area contributed by atoms with Crippen molar-refractivity contribution in [3.05, 3.63) is 78.5 Å². The number of pyridine rings is 1. The van der Waals surface area contributed by atoms with Crippen molar-refractivity contribution in [2.24, 2.45) is 0 Å². The first-order valence-corrected chi connectivity index (χ1v) is 9.53. The molecule has 0 unspecified atom stereocenters. The molecule has 0 atom stereocenters. The van der Waals surface area contributed by atoms with Gasteiger partial charge in [0.25, 0.3) is 5.91 Å². The summed E-state index contributed by atoms with van der Waals surface area (Å²) >= 11 is 0. The maximum atomic E-state index is 12.7. The number of rotatable bonds is 7. The Bertz CT molecular complexity index is 905. The lowest BCUT2D eigenvalue weighted by Gasteiger charge is -2.21. The molecule has 1 amide bonds. The number of nitrogens with one attached hydrogen (secondary N) is 1. The molecule has 2 aromatic carbocycles. The van der Waals surface area contributed by atoms with Crippen LogP contribution in [0, 0.1) is 0 Å². The minimum absolute atomic E-state index is 0.152. The quantitative estimate of drug-likeness (QED) is 0.636. The van der Waals surface area contributed by atoms with E-state index in [-0.39, 0.29) is 5.91 Å². The maximum Gasteiger partial charge on any atom is 0.255 e. The molecule has 1 N–H and O–H groups in total. The van der Waals surface area contributed by atoms with Crippen molar-refractivity contribution in [2.45, 2.75) is 13.8 Å². The second kappa shape index (κ2) is 9.04. The Morgan fingerprint density at radius 2 is 1.61 bits per heavy atom. The smallest absolute Gasteiger partial charge is 0.255 e. The van der Waals surface area contributed by atoms with Gasteiger partial charge in [0, 0.05) is 49.0 Å². The molecule has 28 heavy (non-hydrogen) atoms. The molecular formula is C23H26N4O. The fourth-order valence-electron chi connectivity index (χ4n) is 3.07. The first-order valence-electron chi connectivity index (χ1n) is 9.53. The highest BCUT2D eigenvalue weighted by atomic mass is 16.1. The Hall–Kier alpha value is -3.34. The number of aromatic nitrogens is 1. The Labute approximate surface area is 166 Å². The van der Waals surface area contributed by atoms with Gasteiger partial charge in [0.1, 0.15) is 5.82 Å². The summed E-state index contributed by atoms with van der Waals surface area (Å²) in [7, 11) is 1.94. The SMILES string of the molecule is CCN(CC)c1ccc(NC(=O)c2ccnc(N(C)c3ccccc3)c2)cc1. The minimum atomic E-state index is -0.152. The van der Waals surface area contributed by atoms with Gasteiger partial charge in [0.15, 0.2) is 0 Å². The highest BCUT2D eigenvalue weighted by Gasteiger charge is 2.11. The maximum absolute atomic E-state index is 12.7. The molecule has 5 nitrogen and oxygen atoms in total. The molecule has 0 spiro atoms. The van der Waals surface area contributed by atoms with Gasteiger partial charge in [0.2, 0.25) is 0 Å². The van der Waals surface area contributed by atoms with E-state index < -0.39 is 0 Å². The minimum Gasteiger partial charge on any atom is -0.372 e. The summed E-state index contributed by atoms with van der Waals surface area (Å²) in [6.07, 6.45) is 1.66. The van der Waals surface area contributed by atoms with E-state index in [2.05, 4.69) is 29.0 Å². The van der Waals surface area contributed by atoms with Crippen LogP contribution >= 0.6 is 0 Å². The second-order valence-corrected chi connectivity index (χ2v) is 6.47. The van der Waals surface area contributed by atoms with Gasteiger partial charge in [-0.2, -0.15) is 0 Å². The lowest BCUT2D eigenvalue weighted by Crippen LogP contribution is -2.21. The zero-order valence-corrected chi connectivity index (χ0v) is 16.6. The topological polar surface area (TPSA) is 48.5 Å². The summed E-state index contributed by atoms with van der Waals surface area (Å²) in [5, 5.41) is 2.96. The van der Waals surface area contributed by atoms with Crippen molar-refractivity contribution < 1.29 is 4.79 Å². The molecule has 0 fully saturated rings. The van der Waals surface area contributed by atoms with Gasteiger partial charge >= 0.3 is 0 Å². The number of nitrogens with zero attached hydrogens (tertiary/aromatic N) is 3. The van der Waals surface area contributed by atoms with E-state index in [4.69, 9.17) is 0 Å². The third-order valence-electron chi connectivity index (χ3n) is 4.75. The zero-order valence-electron chi connectivity index (χ0n) is 16.6. The molecule has 0 bridgehead atoms. The Kier molecular flexibility index (Phi) is 6.27. The Morgan fingerprint density at radius 1 is 0.929 bits per heavy atom. The van der Waals surface area contributed by atoms with Crippen LogP contribution in [0.3, 0.4) is 0 Å². The van der Waals surface area contributed by atoms with Crippen LogP contribution in [0.5, 0.6) is 0 Å². The van der Waals surface area contributed by atoms with Crippen LogP contribution < -0.4 is 15.1 Å². The van der Waals surface area contributed by atoms with E-state index in [1.807, 2.05) is 66.5 Å². The number of carbonyl (C=O) groups excluding carboxylic acids is 1. The molecule has 1 aromatic heterocycles. The van der Waals surface area contributed by atoms with Crippen LogP contribution in [0.15, 0.2) is 72.9 Å². The largest absolute Gasteiger partial charge is 0.372 e. The van der Waals surface area contributed by atoms with Crippen LogP contribution in [0.4, 0.5) is 22.9 Å². The van der Waals surface area contributed by atoms with Crippen LogP contribution in [0.25, 0.3) is 0 Å². The highest BCUT2D eigenvalue weighted by molar-refractivity contribution is 6.04. The number of benzene rings is 2. The van der Waals surface area contributed by atoms with Gasteiger partial charge < -0.3 is 15.1 Å². The lowest BCUT2D eigenvalue weighted by molar-refractivity contribution is 0.102. The molecule has 0 aliphatic rings. The van der Waals surface area contributed by atoms with E-state index in [9.17, 15) is 4.79 Å². The number of anilines is 4. The van der Waals surface area contributed by atoms with Crippen molar-refractivity contribution in [3.63, 3.8) is 0 Å². The fraction of sp³-hybridized carbons (Fsp3) is 0.217.